The van der Waals surface area contributed by atoms with E-state index in [1.165, 1.54) is 24.4 Å². The number of nitrogens with one attached hydrogen (secondary N) is 1. The minimum Gasteiger partial charge on any atom is -0.466 e. The number of hydrogen-bond donors (Lipinski definition) is 1. The van der Waals surface area contributed by atoms with Gasteiger partial charge in [0.25, 0.3) is 0 Å². The van der Waals surface area contributed by atoms with Crippen LogP contribution < -0.4 is 5.32 Å². The number of methoxy groups -OCH3 is 1. The highest BCUT2D eigenvalue weighted by Gasteiger charge is 2.40. The molecule has 0 unspecified atom stereocenters. The number of nitrogens with zero attached hydrogens (tertiary/aromatic N) is 3. The lowest BCUT2D eigenvalue weighted by molar-refractivity contribution is -0.136. The second-order valence-corrected chi connectivity index (χ2v) is 9.64. The highest BCUT2D eigenvalue weighted by Crippen LogP contribution is 2.44. The highest BCUT2D eigenvalue weighted by atomic mass is 32.2. The number of hydrogen-bond acceptors (Lipinski definition) is 7. The number of benzene rings is 1. The summed E-state index contributed by atoms with van der Waals surface area (Å²) in [7, 11) is 1.38. The predicted molar refractivity (Wildman–Crippen MR) is 139 cm³/mol. The van der Waals surface area contributed by atoms with Crippen LogP contribution in [0.3, 0.4) is 0 Å². The number of rotatable bonds is 8. The third-order valence-electron chi connectivity index (χ3n) is 6.10. The van der Waals surface area contributed by atoms with Gasteiger partial charge in [-0.3, -0.25) is 9.78 Å². The van der Waals surface area contributed by atoms with Gasteiger partial charge in [-0.1, -0.05) is 55.9 Å². The molecule has 0 radical (unpaired) electrons. The lowest BCUT2D eigenvalue weighted by Crippen LogP contribution is -2.38. The second-order valence-electron chi connectivity index (χ2n) is 8.80. The maximum Gasteiger partial charge on any atom is 0.338 e. The summed E-state index contributed by atoms with van der Waals surface area (Å²) in [5.41, 5.74) is 5.02. The first-order chi connectivity index (χ1) is 16.9. The molecule has 1 atom stereocenters. The number of amidine groups is 1. The van der Waals surface area contributed by atoms with Gasteiger partial charge in [-0.25, -0.2) is 9.79 Å². The molecule has 0 spiro atoms. The van der Waals surface area contributed by atoms with Crippen molar-refractivity contribution in [2.24, 2.45) is 4.99 Å². The van der Waals surface area contributed by atoms with E-state index in [2.05, 4.69) is 41.3 Å². The van der Waals surface area contributed by atoms with E-state index in [-0.39, 0.29) is 12.3 Å². The Morgan fingerprint density at radius 3 is 2.60 bits per heavy atom. The number of ether oxygens (including phenoxy) is 1. The Labute approximate surface area is 210 Å². The molecule has 1 aromatic heterocycles. The third kappa shape index (κ3) is 5.48. The number of aliphatic imine (C=N–C) groups is 1. The highest BCUT2D eigenvalue weighted by molar-refractivity contribution is 8.16. The van der Waals surface area contributed by atoms with Crippen LogP contribution in [0.15, 0.2) is 76.0 Å². The molecular weight excluding hydrogens is 460 g/mol. The van der Waals surface area contributed by atoms with Crippen LogP contribution in [0.2, 0.25) is 0 Å². The van der Waals surface area contributed by atoms with E-state index in [9.17, 15) is 9.59 Å². The molecule has 1 aromatic carbocycles. The number of carbonyl (C=O) groups is 2. The molecule has 0 saturated carbocycles. The molecule has 2 aromatic rings. The largest absolute Gasteiger partial charge is 0.466 e. The zero-order valence-electron chi connectivity index (χ0n) is 20.4. The van der Waals surface area contributed by atoms with Crippen molar-refractivity contribution in [1.82, 2.24) is 15.2 Å². The first kappa shape index (κ1) is 24.7. The van der Waals surface area contributed by atoms with Crippen LogP contribution in [0, 0.1) is 0 Å². The van der Waals surface area contributed by atoms with Crippen LogP contribution in [0.1, 0.15) is 56.0 Å². The van der Waals surface area contributed by atoms with Crippen molar-refractivity contribution >= 4 is 28.8 Å². The minimum atomic E-state index is -0.418. The van der Waals surface area contributed by atoms with Gasteiger partial charge in [0.2, 0.25) is 5.91 Å². The monoisotopic (exact) mass is 490 g/mol. The SMILES string of the molecule is COC(=O)C1=C(C)N=C2SC=C(CC(=O)NCCc3ccccn3)N2[C@H]1c1ccc(C(C)C)cc1. The van der Waals surface area contributed by atoms with Gasteiger partial charge in [-0.2, -0.15) is 0 Å². The van der Waals surface area contributed by atoms with Crippen molar-refractivity contribution in [2.45, 2.75) is 45.6 Å². The van der Waals surface area contributed by atoms with Gasteiger partial charge < -0.3 is 15.0 Å². The molecule has 0 saturated heterocycles. The smallest absolute Gasteiger partial charge is 0.338 e. The molecule has 1 N–H and O–H groups in total. The van der Waals surface area contributed by atoms with E-state index in [0.29, 0.717) is 30.2 Å². The Morgan fingerprint density at radius 2 is 1.94 bits per heavy atom. The first-order valence-corrected chi connectivity index (χ1v) is 12.6. The lowest BCUT2D eigenvalue weighted by Gasteiger charge is -2.36. The van der Waals surface area contributed by atoms with E-state index in [0.717, 1.165) is 22.1 Å². The minimum absolute atomic E-state index is 0.0890. The van der Waals surface area contributed by atoms with Crippen molar-refractivity contribution < 1.29 is 14.3 Å². The number of amides is 1. The Hall–Kier alpha value is -3.39. The Bertz CT molecular complexity index is 1190. The van der Waals surface area contributed by atoms with Gasteiger partial charge in [-0.05, 0) is 41.5 Å². The van der Waals surface area contributed by atoms with Crippen molar-refractivity contribution in [1.29, 1.82) is 0 Å². The summed E-state index contributed by atoms with van der Waals surface area (Å²) in [5, 5.41) is 5.68. The Morgan fingerprint density at radius 1 is 1.17 bits per heavy atom. The fourth-order valence-corrected chi connectivity index (χ4v) is 5.19. The van der Waals surface area contributed by atoms with E-state index in [4.69, 9.17) is 4.74 Å². The van der Waals surface area contributed by atoms with Crippen molar-refractivity contribution in [3.05, 3.63) is 87.9 Å². The quantitative estimate of drug-likeness (QED) is 0.540. The van der Waals surface area contributed by atoms with Crippen LogP contribution in [-0.4, -0.2) is 40.6 Å². The van der Waals surface area contributed by atoms with Gasteiger partial charge >= 0.3 is 5.97 Å². The number of aromatic nitrogens is 1. The zero-order chi connectivity index (χ0) is 24.9. The summed E-state index contributed by atoms with van der Waals surface area (Å²) in [6.45, 7) is 6.63. The fourth-order valence-electron chi connectivity index (χ4n) is 4.22. The van der Waals surface area contributed by atoms with E-state index in [1.54, 1.807) is 6.20 Å². The number of esters is 1. The van der Waals surface area contributed by atoms with Crippen molar-refractivity contribution in [2.75, 3.05) is 13.7 Å². The standard InChI is InChI=1S/C27H30N4O3S/c1-17(2)19-8-10-20(11-9-19)25-24(26(33)34-4)18(3)30-27-31(25)22(16-35-27)15-23(32)29-14-12-21-7-5-6-13-28-21/h5-11,13,16-17,25H,12,14-15H2,1-4H3,(H,29,32)/t25-/m0/s1. The maximum atomic E-state index is 12.8. The van der Waals surface area contributed by atoms with Crippen LogP contribution in [0.25, 0.3) is 0 Å². The summed E-state index contributed by atoms with van der Waals surface area (Å²) in [4.78, 5) is 36.6. The number of thioether (sulfide) groups is 1. The number of pyridine rings is 1. The van der Waals surface area contributed by atoms with Gasteiger partial charge in [0, 0.05) is 30.6 Å². The first-order valence-electron chi connectivity index (χ1n) is 11.7. The zero-order valence-corrected chi connectivity index (χ0v) is 21.3. The molecular formula is C27H30N4O3S. The molecule has 7 nitrogen and oxygen atoms in total. The van der Waals surface area contributed by atoms with E-state index >= 15 is 0 Å². The lowest BCUT2D eigenvalue weighted by atomic mass is 9.92. The Balaban J connectivity index is 1.55. The molecule has 4 rings (SSSR count). The van der Waals surface area contributed by atoms with Gasteiger partial charge in [0.05, 0.1) is 30.8 Å². The molecule has 35 heavy (non-hydrogen) atoms. The Kier molecular flexibility index (Phi) is 7.70. The molecule has 0 bridgehead atoms. The number of carbonyl (C=O) groups excluding carboxylic acids is 2. The summed E-state index contributed by atoms with van der Waals surface area (Å²) in [6.07, 6.45) is 2.59. The van der Waals surface area contributed by atoms with Crippen LogP contribution in [0.4, 0.5) is 0 Å². The number of fused-ring (bicyclic) bond motifs is 1. The molecule has 3 heterocycles. The van der Waals surface area contributed by atoms with Gasteiger partial charge in [0.15, 0.2) is 5.17 Å². The van der Waals surface area contributed by atoms with Crippen LogP contribution >= 0.6 is 11.8 Å². The number of allylic oxidation sites excluding steroid dienone is 1. The second kappa shape index (κ2) is 10.9. The van der Waals surface area contributed by atoms with Gasteiger partial charge in [-0.15, -0.1) is 0 Å². The predicted octanol–water partition coefficient (Wildman–Crippen LogP) is 4.70. The normalized spacial score (nSPS) is 17.2. The fraction of sp³-hybridized carbons (Fsp3) is 0.333. The molecule has 2 aliphatic rings. The van der Waals surface area contributed by atoms with Gasteiger partial charge in [0.1, 0.15) is 0 Å². The maximum absolute atomic E-state index is 12.8. The molecule has 0 fully saturated rings. The summed E-state index contributed by atoms with van der Waals surface area (Å²) in [6, 6.07) is 13.6. The third-order valence-corrected chi connectivity index (χ3v) is 6.98. The average Bonchev–Trinajstić information content (AvgIpc) is 3.25. The molecule has 2 aliphatic heterocycles. The van der Waals surface area contributed by atoms with E-state index in [1.807, 2.05) is 47.6 Å². The van der Waals surface area contributed by atoms with Crippen LogP contribution in [0.5, 0.6) is 0 Å². The average molecular weight is 491 g/mol. The summed E-state index contributed by atoms with van der Waals surface area (Å²) in [5.74, 6) is -0.106. The molecule has 0 aliphatic carbocycles. The summed E-state index contributed by atoms with van der Waals surface area (Å²) < 4.78 is 5.13. The summed E-state index contributed by atoms with van der Waals surface area (Å²) >= 11 is 1.47. The molecule has 182 valence electrons. The molecule has 8 heteroatoms. The van der Waals surface area contributed by atoms with Crippen molar-refractivity contribution in [3.8, 4) is 0 Å². The molecule has 1 amide bonds. The van der Waals surface area contributed by atoms with E-state index < -0.39 is 12.0 Å². The topological polar surface area (TPSA) is 83.9 Å². The van der Waals surface area contributed by atoms with Crippen LogP contribution in [-0.2, 0) is 20.7 Å². The van der Waals surface area contributed by atoms with Crippen molar-refractivity contribution in [3.63, 3.8) is 0 Å².